The van der Waals surface area contributed by atoms with Crippen molar-refractivity contribution in [2.24, 2.45) is 11.7 Å². The summed E-state index contributed by atoms with van der Waals surface area (Å²) in [7, 11) is 1.67. The van der Waals surface area contributed by atoms with Crippen molar-refractivity contribution in [2.75, 3.05) is 20.3 Å². The fourth-order valence-electron chi connectivity index (χ4n) is 5.11. The molecule has 1 aliphatic rings. The molecule has 4 rings (SSSR count). The van der Waals surface area contributed by atoms with Crippen molar-refractivity contribution in [1.29, 1.82) is 0 Å². The van der Waals surface area contributed by atoms with Crippen molar-refractivity contribution in [1.82, 2.24) is 4.57 Å². The molecule has 2 N–H and O–H groups in total. The number of hydrogen-bond donors (Lipinski definition) is 1. The van der Waals surface area contributed by atoms with Crippen LogP contribution in [0.25, 0.3) is 10.9 Å². The first-order valence-corrected chi connectivity index (χ1v) is 12.7. The number of hydrogen-bond acceptors (Lipinski definition) is 5. The van der Waals surface area contributed by atoms with Crippen LogP contribution in [0.3, 0.4) is 0 Å². The minimum absolute atomic E-state index is 0.156. The van der Waals surface area contributed by atoms with Crippen LogP contribution in [-0.2, 0) is 27.3 Å². The highest BCUT2D eigenvalue weighted by atomic mass is 16.6. The number of rotatable bonds is 11. The van der Waals surface area contributed by atoms with Crippen molar-refractivity contribution in [3.05, 3.63) is 59.3 Å². The zero-order valence-corrected chi connectivity index (χ0v) is 21.4. The molecule has 0 spiro atoms. The summed E-state index contributed by atoms with van der Waals surface area (Å²) in [5, 5.41) is 0.936. The van der Waals surface area contributed by atoms with Gasteiger partial charge in [-0.2, -0.15) is 0 Å². The first-order chi connectivity index (χ1) is 17.4. The Morgan fingerprint density at radius 3 is 2.72 bits per heavy atom. The Hall–Kier alpha value is -3.48. The zero-order valence-electron chi connectivity index (χ0n) is 21.4. The fourth-order valence-corrected chi connectivity index (χ4v) is 5.11. The summed E-state index contributed by atoms with van der Waals surface area (Å²) >= 11 is 0. The highest BCUT2D eigenvalue weighted by molar-refractivity contribution is 5.94. The third kappa shape index (κ3) is 5.66. The lowest BCUT2D eigenvalue weighted by atomic mass is 9.84. The summed E-state index contributed by atoms with van der Waals surface area (Å²) in [5.41, 5.74) is 9.98. The van der Waals surface area contributed by atoms with Crippen molar-refractivity contribution in [2.45, 2.75) is 58.4 Å². The van der Waals surface area contributed by atoms with E-state index in [0.29, 0.717) is 24.8 Å². The number of nitrogens with two attached hydrogens (primary N) is 1. The molecule has 192 valence electrons. The molecule has 7 heteroatoms. The molecule has 3 aromatic rings. The second-order valence-electron chi connectivity index (χ2n) is 9.83. The van der Waals surface area contributed by atoms with Gasteiger partial charge in [-0.3, -0.25) is 4.79 Å². The monoisotopic (exact) mass is 492 g/mol. The fraction of sp³-hybridized carbons (Fsp3) is 0.448. The summed E-state index contributed by atoms with van der Waals surface area (Å²) in [6.45, 7) is 5.15. The number of primary amides is 1. The van der Waals surface area contributed by atoms with E-state index >= 15 is 0 Å². The maximum absolute atomic E-state index is 12.4. The standard InChI is InChI=1S/C29H36N2O5/c1-19(2)8-7-15-35-27(32)18-36-21-13-14-24-23(16-21)28-22(29(30)33)10-6-11-25(28)31(24)17-20-9-4-5-12-26(20)34-3/h4-5,9,12-14,16,19,22H,6-8,10-11,15,17-18H2,1-3H3,(H2,30,33). The molecule has 0 saturated heterocycles. The lowest BCUT2D eigenvalue weighted by molar-refractivity contribution is -0.146. The van der Waals surface area contributed by atoms with E-state index < -0.39 is 0 Å². The van der Waals surface area contributed by atoms with Crippen LogP contribution in [0.2, 0.25) is 0 Å². The van der Waals surface area contributed by atoms with Gasteiger partial charge in [0, 0.05) is 22.2 Å². The molecule has 2 aromatic carbocycles. The average molecular weight is 493 g/mol. The van der Waals surface area contributed by atoms with Crippen molar-refractivity contribution in [3.63, 3.8) is 0 Å². The Morgan fingerprint density at radius 2 is 1.97 bits per heavy atom. The molecule has 1 aliphatic carbocycles. The van der Waals surface area contributed by atoms with Gasteiger partial charge >= 0.3 is 5.97 Å². The molecule has 0 fully saturated rings. The largest absolute Gasteiger partial charge is 0.496 e. The number of carbonyl (C=O) groups excluding carboxylic acids is 2. The highest BCUT2D eigenvalue weighted by Gasteiger charge is 2.31. The zero-order chi connectivity index (χ0) is 25.7. The van der Waals surface area contributed by atoms with Crippen molar-refractivity contribution in [3.8, 4) is 11.5 Å². The number of aromatic nitrogens is 1. The number of para-hydroxylation sites is 1. The van der Waals surface area contributed by atoms with E-state index in [1.807, 2.05) is 36.4 Å². The third-order valence-corrected chi connectivity index (χ3v) is 6.85. The van der Waals surface area contributed by atoms with E-state index in [2.05, 4.69) is 24.5 Å². The highest BCUT2D eigenvalue weighted by Crippen LogP contribution is 2.41. The van der Waals surface area contributed by atoms with E-state index in [9.17, 15) is 9.59 Å². The van der Waals surface area contributed by atoms with E-state index in [1.54, 1.807) is 7.11 Å². The predicted molar refractivity (Wildman–Crippen MR) is 139 cm³/mol. The van der Waals surface area contributed by atoms with Gasteiger partial charge in [0.05, 0.1) is 26.2 Å². The summed E-state index contributed by atoms with van der Waals surface area (Å²) < 4.78 is 18.9. The maximum Gasteiger partial charge on any atom is 0.344 e. The minimum atomic E-state index is -0.385. The molecule has 1 heterocycles. The van der Waals surface area contributed by atoms with Crippen LogP contribution < -0.4 is 15.2 Å². The quantitative estimate of drug-likeness (QED) is 0.302. The number of benzene rings is 2. The Morgan fingerprint density at radius 1 is 1.17 bits per heavy atom. The molecule has 1 aromatic heterocycles. The SMILES string of the molecule is COc1ccccc1Cn1c2c(c3cc(OCC(=O)OCCCC(C)C)ccc31)C(C(N)=O)CCC2. The number of nitrogens with zero attached hydrogens (tertiary/aromatic N) is 1. The van der Waals surface area contributed by atoms with Crippen molar-refractivity contribution >= 4 is 22.8 Å². The number of ether oxygens (including phenoxy) is 3. The normalized spacial score (nSPS) is 15.1. The van der Waals surface area contributed by atoms with Crippen LogP contribution in [0, 0.1) is 5.92 Å². The maximum atomic E-state index is 12.4. The Bertz CT molecular complexity index is 1230. The Labute approximate surface area is 212 Å². The molecule has 1 atom stereocenters. The second-order valence-corrected chi connectivity index (χ2v) is 9.83. The van der Waals surface area contributed by atoms with Gasteiger partial charge in [-0.25, -0.2) is 4.79 Å². The van der Waals surface area contributed by atoms with Gasteiger partial charge in [0.25, 0.3) is 0 Å². The second kappa shape index (κ2) is 11.5. The molecule has 0 radical (unpaired) electrons. The molecule has 0 saturated carbocycles. The van der Waals surface area contributed by atoms with Gasteiger partial charge in [0.15, 0.2) is 6.61 Å². The first kappa shape index (κ1) is 25.6. The first-order valence-electron chi connectivity index (χ1n) is 12.7. The Balaban J connectivity index is 1.62. The molecular weight excluding hydrogens is 456 g/mol. The summed E-state index contributed by atoms with van der Waals surface area (Å²) in [6.07, 6.45) is 4.35. The minimum Gasteiger partial charge on any atom is -0.496 e. The molecule has 0 aliphatic heterocycles. The molecule has 36 heavy (non-hydrogen) atoms. The van der Waals surface area contributed by atoms with Gasteiger partial charge in [-0.1, -0.05) is 32.0 Å². The van der Waals surface area contributed by atoms with Gasteiger partial charge in [0.1, 0.15) is 11.5 Å². The number of carbonyl (C=O) groups is 2. The lowest BCUT2D eigenvalue weighted by Crippen LogP contribution is -2.25. The van der Waals surface area contributed by atoms with Gasteiger partial charge in [-0.05, 0) is 67.9 Å². The predicted octanol–water partition coefficient (Wildman–Crippen LogP) is 4.96. The van der Waals surface area contributed by atoms with Crippen molar-refractivity contribution < 1.29 is 23.8 Å². The van der Waals surface area contributed by atoms with Gasteiger partial charge in [0.2, 0.25) is 5.91 Å². The number of methoxy groups -OCH3 is 1. The van der Waals surface area contributed by atoms with Crippen LogP contribution in [0.4, 0.5) is 0 Å². The number of esters is 1. The van der Waals surface area contributed by atoms with Crippen LogP contribution >= 0.6 is 0 Å². The van der Waals surface area contributed by atoms with Crippen LogP contribution in [0.1, 0.15) is 62.3 Å². The van der Waals surface area contributed by atoms with Gasteiger partial charge < -0.3 is 24.5 Å². The molecule has 1 unspecified atom stereocenters. The van der Waals surface area contributed by atoms with Gasteiger partial charge in [-0.15, -0.1) is 0 Å². The van der Waals surface area contributed by atoms with E-state index in [-0.39, 0.29) is 24.4 Å². The van der Waals surface area contributed by atoms with E-state index in [4.69, 9.17) is 19.9 Å². The topological polar surface area (TPSA) is 92.8 Å². The van der Waals surface area contributed by atoms with E-state index in [1.165, 1.54) is 0 Å². The number of fused-ring (bicyclic) bond motifs is 3. The summed E-state index contributed by atoms with van der Waals surface area (Å²) in [5.74, 6) is 0.913. The molecule has 0 bridgehead atoms. The summed E-state index contributed by atoms with van der Waals surface area (Å²) in [6, 6.07) is 13.7. The smallest absolute Gasteiger partial charge is 0.344 e. The molecular formula is C29H36N2O5. The van der Waals surface area contributed by atoms with Crippen LogP contribution in [0.5, 0.6) is 11.5 Å². The lowest BCUT2D eigenvalue weighted by Gasteiger charge is -2.22. The van der Waals surface area contributed by atoms with Crippen LogP contribution in [0.15, 0.2) is 42.5 Å². The Kier molecular flexibility index (Phi) is 8.18. The van der Waals surface area contributed by atoms with E-state index in [0.717, 1.165) is 65.6 Å². The third-order valence-electron chi connectivity index (χ3n) is 6.85. The average Bonchev–Trinajstić information content (AvgIpc) is 3.18. The van der Waals surface area contributed by atoms with Crippen LogP contribution in [-0.4, -0.2) is 36.8 Å². The summed E-state index contributed by atoms with van der Waals surface area (Å²) in [4.78, 5) is 24.5. The number of amides is 1. The molecule has 7 nitrogen and oxygen atoms in total. The molecule has 1 amide bonds.